The van der Waals surface area contributed by atoms with Crippen molar-refractivity contribution in [3.05, 3.63) is 12.7 Å². The van der Waals surface area contributed by atoms with Gasteiger partial charge in [-0.25, -0.2) is 14.5 Å². The molecule has 2 aliphatic rings. The second-order valence-electron chi connectivity index (χ2n) is 6.77. The van der Waals surface area contributed by atoms with Gasteiger partial charge in [0.2, 0.25) is 0 Å². The minimum Gasteiger partial charge on any atom is -0.380 e. The maximum atomic E-state index is 12.7. The van der Waals surface area contributed by atoms with Crippen LogP contribution in [0.1, 0.15) is 32.1 Å². The first-order valence-electron chi connectivity index (χ1n) is 7.90. The van der Waals surface area contributed by atoms with Gasteiger partial charge in [-0.15, -0.1) is 0 Å². The second-order valence-corrected chi connectivity index (χ2v) is 6.77. The van der Waals surface area contributed by atoms with Crippen LogP contribution in [-0.2, 0) is 5.54 Å². The van der Waals surface area contributed by atoms with Crippen LogP contribution in [0.5, 0.6) is 0 Å². The summed E-state index contributed by atoms with van der Waals surface area (Å²) in [4.78, 5) is 15.7. The van der Waals surface area contributed by atoms with Crippen molar-refractivity contribution in [1.82, 2.24) is 25.4 Å². The van der Waals surface area contributed by atoms with E-state index < -0.39 is 17.8 Å². The summed E-state index contributed by atoms with van der Waals surface area (Å²) in [5, 5.41) is 19.0. The standard InChI is InChI=1S/C14H20F3N5O2/c15-14(16,17)13(24)2-1-10(5-13)6-19-11(23)20-7-12(3-4-12)22-9-18-8-21-22/h8-10,24H,1-7H2,(H2,19,20,23). The summed E-state index contributed by atoms with van der Waals surface area (Å²) >= 11 is 0. The highest BCUT2D eigenvalue weighted by atomic mass is 19.4. The molecule has 0 aliphatic heterocycles. The Balaban J connectivity index is 1.41. The third-order valence-corrected chi connectivity index (χ3v) is 4.98. The zero-order valence-corrected chi connectivity index (χ0v) is 13.0. The molecule has 24 heavy (non-hydrogen) atoms. The van der Waals surface area contributed by atoms with E-state index in [0.29, 0.717) is 6.54 Å². The fourth-order valence-electron chi connectivity index (χ4n) is 3.18. The SMILES string of the molecule is O=C(NCC1CCC(O)(C(F)(F)F)C1)NCC1(n2cncn2)CC1. The van der Waals surface area contributed by atoms with Gasteiger partial charge in [0.05, 0.1) is 5.54 Å². The number of carbonyl (C=O) groups excluding carboxylic acids is 1. The number of hydrogen-bond acceptors (Lipinski definition) is 4. The number of aliphatic hydroxyl groups is 1. The van der Waals surface area contributed by atoms with Gasteiger partial charge in [0.15, 0.2) is 5.60 Å². The number of nitrogens with zero attached hydrogens (tertiary/aromatic N) is 3. The van der Waals surface area contributed by atoms with Gasteiger partial charge in [-0.2, -0.15) is 18.3 Å². The third-order valence-electron chi connectivity index (χ3n) is 4.98. The number of alkyl halides is 3. The summed E-state index contributed by atoms with van der Waals surface area (Å²) in [6.45, 7) is 0.500. The van der Waals surface area contributed by atoms with Gasteiger partial charge in [-0.1, -0.05) is 0 Å². The highest BCUT2D eigenvalue weighted by Gasteiger charge is 2.57. The molecule has 134 valence electrons. The normalized spacial score (nSPS) is 28.6. The molecule has 1 heterocycles. The van der Waals surface area contributed by atoms with Crippen molar-refractivity contribution in [3.63, 3.8) is 0 Å². The van der Waals surface area contributed by atoms with Crippen molar-refractivity contribution < 1.29 is 23.1 Å². The van der Waals surface area contributed by atoms with Gasteiger partial charge in [-0.05, 0) is 38.0 Å². The van der Waals surface area contributed by atoms with Crippen LogP contribution in [-0.4, -0.2) is 50.8 Å². The fraction of sp³-hybridized carbons (Fsp3) is 0.786. The Labute approximate surface area is 136 Å². The van der Waals surface area contributed by atoms with Gasteiger partial charge in [0.1, 0.15) is 12.7 Å². The summed E-state index contributed by atoms with van der Waals surface area (Å²) in [7, 11) is 0. The molecule has 2 unspecified atom stereocenters. The maximum absolute atomic E-state index is 12.7. The molecule has 2 saturated carbocycles. The topological polar surface area (TPSA) is 92.1 Å². The largest absolute Gasteiger partial charge is 0.417 e. The van der Waals surface area contributed by atoms with Crippen molar-refractivity contribution in [1.29, 1.82) is 0 Å². The Morgan fingerprint density at radius 1 is 1.33 bits per heavy atom. The van der Waals surface area contributed by atoms with Crippen LogP contribution in [0.25, 0.3) is 0 Å². The average molecular weight is 347 g/mol. The second kappa shape index (κ2) is 5.91. The van der Waals surface area contributed by atoms with Gasteiger partial charge in [0.25, 0.3) is 0 Å². The molecule has 7 nitrogen and oxygen atoms in total. The van der Waals surface area contributed by atoms with Gasteiger partial charge in [0, 0.05) is 13.1 Å². The van der Waals surface area contributed by atoms with E-state index in [1.165, 1.54) is 6.33 Å². The van der Waals surface area contributed by atoms with Gasteiger partial charge < -0.3 is 15.7 Å². The van der Waals surface area contributed by atoms with Crippen molar-refractivity contribution in [2.24, 2.45) is 5.92 Å². The molecule has 0 bridgehead atoms. The van der Waals surface area contributed by atoms with Crippen LogP contribution in [0.2, 0.25) is 0 Å². The van der Waals surface area contributed by atoms with E-state index in [1.807, 2.05) is 0 Å². The lowest BCUT2D eigenvalue weighted by Gasteiger charge is -2.25. The molecule has 0 radical (unpaired) electrons. The fourth-order valence-corrected chi connectivity index (χ4v) is 3.18. The number of carbonyl (C=O) groups is 1. The third kappa shape index (κ3) is 3.33. The molecule has 0 aromatic carbocycles. The Morgan fingerprint density at radius 3 is 2.62 bits per heavy atom. The number of nitrogens with one attached hydrogen (secondary N) is 2. The minimum absolute atomic E-state index is 0.112. The van der Waals surface area contributed by atoms with Crippen LogP contribution in [0.15, 0.2) is 12.7 Å². The Morgan fingerprint density at radius 2 is 2.08 bits per heavy atom. The quantitative estimate of drug-likeness (QED) is 0.745. The van der Waals surface area contributed by atoms with E-state index in [0.717, 1.165) is 12.8 Å². The average Bonchev–Trinajstić information content (AvgIpc) is 2.94. The van der Waals surface area contributed by atoms with Crippen LogP contribution in [0.4, 0.5) is 18.0 Å². The van der Waals surface area contributed by atoms with Crippen molar-refractivity contribution in [3.8, 4) is 0 Å². The van der Waals surface area contributed by atoms with Gasteiger partial charge >= 0.3 is 12.2 Å². The lowest BCUT2D eigenvalue weighted by atomic mass is 10.00. The van der Waals surface area contributed by atoms with E-state index in [9.17, 15) is 23.1 Å². The number of aromatic nitrogens is 3. The zero-order valence-electron chi connectivity index (χ0n) is 13.0. The predicted molar refractivity (Wildman–Crippen MR) is 77.0 cm³/mol. The molecule has 0 saturated heterocycles. The number of amides is 2. The molecule has 3 rings (SSSR count). The first kappa shape index (κ1) is 17.0. The van der Waals surface area contributed by atoms with Crippen molar-refractivity contribution in [2.45, 2.75) is 49.4 Å². The highest BCUT2D eigenvalue weighted by Crippen LogP contribution is 2.45. The van der Waals surface area contributed by atoms with Crippen LogP contribution in [0.3, 0.4) is 0 Å². The monoisotopic (exact) mass is 347 g/mol. The number of hydrogen-bond donors (Lipinski definition) is 3. The first-order valence-corrected chi connectivity index (χ1v) is 7.90. The summed E-state index contributed by atoms with van der Waals surface area (Å²) in [6, 6.07) is -0.427. The van der Waals surface area contributed by atoms with Crippen LogP contribution < -0.4 is 10.6 Å². The Bertz CT molecular complexity index is 588. The van der Waals surface area contributed by atoms with E-state index in [2.05, 4.69) is 20.7 Å². The predicted octanol–water partition coefficient (Wildman–Crippen LogP) is 1.16. The van der Waals surface area contributed by atoms with Crippen molar-refractivity contribution >= 4 is 6.03 Å². The summed E-state index contributed by atoms with van der Waals surface area (Å²) in [5.41, 5.74) is -2.86. The summed E-state index contributed by atoms with van der Waals surface area (Å²) < 4.78 is 40.0. The Kier molecular flexibility index (Phi) is 4.18. The lowest BCUT2D eigenvalue weighted by Crippen LogP contribution is -2.44. The highest BCUT2D eigenvalue weighted by molar-refractivity contribution is 5.73. The Hall–Kier alpha value is -1.84. The van der Waals surface area contributed by atoms with E-state index >= 15 is 0 Å². The molecular weight excluding hydrogens is 327 g/mol. The molecule has 1 aromatic heterocycles. The number of urea groups is 1. The smallest absolute Gasteiger partial charge is 0.380 e. The number of halogens is 3. The van der Waals surface area contributed by atoms with Gasteiger partial charge in [-0.3, -0.25) is 0 Å². The van der Waals surface area contributed by atoms with E-state index in [4.69, 9.17) is 0 Å². The molecular formula is C14H20F3N5O2. The molecule has 2 amide bonds. The molecule has 10 heteroatoms. The summed E-state index contributed by atoms with van der Waals surface area (Å²) in [5.74, 6) is -0.382. The zero-order chi connectivity index (χ0) is 17.4. The molecule has 2 aliphatic carbocycles. The lowest BCUT2D eigenvalue weighted by molar-refractivity contribution is -0.258. The van der Waals surface area contributed by atoms with E-state index in [-0.39, 0.29) is 37.3 Å². The summed E-state index contributed by atoms with van der Waals surface area (Å²) in [6.07, 6.45) is -0.278. The molecule has 2 fully saturated rings. The minimum atomic E-state index is -4.62. The first-order chi connectivity index (χ1) is 11.2. The molecule has 2 atom stereocenters. The molecule has 1 aromatic rings. The van der Waals surface area contributed by atoms with Crippen molar-refractivity contribution in [2.75, 3.05) is 13.1 Å². The maximum Gasteiger partial charge on any atom is 0.417 e. The van der Waals surface area contributed by atoms with Crippen LogP contribution >= 0.6 is 0 Å². The molecule has 0 spiro atoms. The number of rotatable bonds is 5. The van der Waals surface area contributed by atoms with Crippen LogP contribution in [0, 0.1) is 5.92 Å². The molecule has 3 N–H and O–H groups in total. The van der Waals surface area contributed by atoms with E-state index in [1.54, 1.807) is 11.0 Å².